The number of benzene rings is 2. The zero-order valence-corrected chi connectivity index (χ0v) is 19.3. The van der Waals surface area contributed by atoms with Crippen molar-refractivity contribution >= 4 is 29.3 Å². The summed E-state index contributed by atoms with van der Waals surface area (Å²) in [5.74, 6) is -0.0864. The van der Waals surface area contributed by atoms with E-state index in [1.807, 2.05) is 36.6 Å². The van der Waals surface area contributed by atoms with E-state index in [0.29, 0.717) is 28.8 Å². The highest BCUT2D eigenvalue weighted by Gasteiger charge is 2.26. The number of thioether (sulfide) groups is 1. The minimum atomic E-state index is -0.382. The molecule has 0 aliphatic heterocycles. The van der Waals surface area contributed by atoms with Gasteiger partial charge in [-0.15, -0.1) is 16.8 Å². The molecule has 0 saturated carbocycles. The van der Waals surface area contributed by atoms with E-state index in [2.05, 4.69) is 27.4 Å². The van der Waals surface area contributed by atoms with Gasteiger partial charge in [-0.3, -0.25) is 9.59 Å². The van der Waals surface area contributed by atoms with Crippen LogP contribution < -0.4 is 10.6 Å². The molecule has 3 aromatic rings. The van der Waals surface area contributed by atoms with Crippen LogP contribution in [-0.2, 0) is 11.3 Å². The molecular formula is C24H26FN5O2S. The number of halogens is 1. The second-order valence-corrected chi connectivity index (χ2v) is 8.59. The largest absolute Gasteiger partial charge is 0.342 e. The van der Waals surface area contributed by atoms with Crippen molar-refractivity contribution in [3.8, 4) is 0 Å². The van der Waals surface area contributed by atoms with E-state index in [0.717, 1.165) is 0 Å². The lowest BCUT2D eigenvalue weighted by atomic mass is 10.0. The van der Waals surface area contributed by atoms with Crippen molar-refractivity contribution < 1.29 is 14.0 Å². The van der Waals surface area contributed by atoms with E-state index in [1.165, 1.54) is 36.0 Å². The predicted molar refractivity (Wildman–Crippen MR) is 127 cm³/mol. The number of nitrogens with zero attached hydrogens (tertiary/aromatic N) is 3. The van der Waals surface area contributed by atoms with Crippen LogP contribution in [0.3, 0.4) is 0 Å². The summed E-state index contributed by atoms with van der Waals surface area (Å²) < 4.78 is 14.9. The molecule has 172 valence electrons. The lowest BCUT2D eigenvalue weighted by Gasteiger charge is -2.22. The van der Waals surface area contributed by atoms with Crippen molar-refractivity contribution in [2.75, 3.05) is 11.1 Å². The topological polar surface area (TPSA) is 88.9 Å². The van der Waals surface area contributed by atoms with Crippen molar-refractivity contribution in [2.24, 2.45) is 5.92 Å². The van der Waals surface area contributed by atoms with Crippen molar-refractivity contribution in [2.45, 2.75) is 31.6 Å². The standard InChI is InChI=1S/C24H26FN5O2S/c1-4-14-30-22(21(16(2)3)27-23(32)17-8-6-5-7-9-17)28-29-24(30)33-15-20(31)26-19-12-10-18(25)11-13-19/h4-13,16,21H,1,14-15H2,2-3H3,(H,26,31)(H,27,32)/t21-/m1/s1. The van der Waals surface area contributed by atoms with Crippen molar-refractivity contribution in [1.29, 1.82) is 0 Å². The summed E-state index contributed by atoms with van der Waals surface area (Å²) in [6, 6.07) is 14.2. The fourth-order valence-corrected chi connectivity index (χ4v) is 3.90. The molecule has 0 aliphatic carbocycles. The van der Waals surface area contributed by atoms with Crippen molar-refractivity contribution in [1.82, 2.24) is 20.1 Å². The average Bonchev–Trinajstić information content (AvgIpc) is 3.20. The summed E-state index contributed by atoms with van der Waals surface area (Å²) in [5, 5.41) is 14.9. The second-order valence-electron chi connectivity index (χ2n) is 7.64. The number of carbonyl (C=O) groups is 2. The highest BCUT2D eigenvalue weighted by Crippen LogP contribution is 2.26. The van der Waals surface area contributed by atoms with Crippen LogP contribution in [0.4, 0.5) is 10.1 Å². The van der Waals surface area contributed by atoms with Gasteiger partial charge in [-0.2, -0.15) is 0 Å². The number of nitrogens with one attached hydrogen (secondary N) is 2. The van der Waals surface area contributed by atoms with Crippen LogP contribution >= 0.6 is 11.8 Å². The van der Waals surface area contributed by atoms with Gasteiger partial charge in [-0.05, 0) is 42.3 Å². The van der Waals surface area contributed by atoms with Gasteiger partial charge in [-0.25, -0.2) is 4.39 Å². The molecule has 1 aromatic heterocycles. The number of aromatic nitrogens is 3. The maximum atomic E-state index is 13.0. The molecule has 7 nitrogen and oxygen atoms in total. The number of anilines is 1. The Hall–Kier alpha value is -3.46. The van der Waals surface area contributed by atoms with Crippen LogP contribution in [0.15, 0.2) is 72.4 Å². The first-order chi connectivity index (χ1) is 15.9. The van der Waals surface area contributed by atoms with E-state index in [9.17, 15) is 14.0 Å². The van der Waals surface area contributed by atoms with Crippen LogP contribution in [-0.4, -0.2) is 32.3 Å². The molecule has 1 heterocycles. The van der Waals surface area contributed by atoms with Gasteiger partial charge in [0.2, 0.25) is 5.91 Å². The number of carbonyl (C=O) groups excluding carboxylic acids is 2. The Bertz CT molecular complexity index is 1100. The maximum absolute atomic E-state index is 13.0. The Morgan fingerprint density at radius 1 is 1.12 bits per heavy atom. The minimum absolute atomic E-state index is 0.0463. The summed E-state index contributed by atoms with van der Waals surface area (Å²) in [6.45, 7) is 8.21. The van der Waals surface area contributed by atoms with Crippen LogP contribution in [0.5, 0.6) is 0 Å². The molecule has 9 heteroatoms. The summed E-state index contributed by atoms with van der Waals surface area (Å²) >= 11 is 1.23. The Morgan fingerprint density at radius 3 is 2.45 bits per heavy atom. The summed E-state index contributed by atoms with van der Waals surface area (Å²) in [5.41, 5.74) is 1.07. The van der Waals surface area contributed by atoms with Crippen LogP contribution in [0, 0.1) is 11.7 Å². The molecule has 0 fully saturated rings. The van der Waals surface area contributed by atoms with E-state index in [1.54, 1.807) is 18.2 Å². The highest BCUT2D eigenvalue weighted by atomic mass is 32.2. The van der Waals surface area contributed by atoms with Gasteiger partial charge in [0.25, 0.3) is 5.91 Å². The molecule has 2 N–H and O–H groups in total. The smallest absolute Gasteiger partial charge is 0.251 e. The lowest BCUT2D eigenvalue weighted by molar-refractivity contribution is -0.113. The number of amides is 2. The zero-order chi connectivity index (χ0) is 23.8. The fraction of sp³-hybridized carbons (Fsp3) is 0.250. The van der Waals surface area contributed by atoms with Gasteiger partial charge in [-0.1, -0.05) is 49.9 Å². The van der Waals surface area contributed by atoms with Gasteiger partial charge < -0.3 is 15.2 Å². The molecule has 0 saturated heterocycles. The van der Waals surface area contributed by atoms with E-state index in [4.69, 9.17) is 0 Å². The van der Waals surface area contributed by atoms with Gasteiger partial charge in [0.1, 0.15) is 5.82 Å². The predicted octanol–water partition coefficient (Wildman–Crippen LogP) is 4.46. The third-order valence-corrected chi connectivity index (χ3v) is 5.75. The average molecular weight is 468 g/mol. The molecule has 0 spiro atoms. The first kappa shape index (κ1) is 24.2. The summed E-state index contributed by atoms with van der Waals surface area (Å²) in [6.07, 6.45) is 1.71. The quantitative estimate of drug-likeness (QED) is 0.339. The lowest BCUT2D eigenvalue weighted by Crippen LogP contribution is -2.33. The Labute approximate surface area is 196 Å². The van der Waals surface area contributed by atoms with Gasteiger partial charge >= 0.3 is 0 Å². The first-order valence-electron chi connectivity index (χ1n) is 10.5. The fourth-order valence-electron chi connectivity index (χ4n) is 3.14. The molecule has 0 bridgehead atoms. The molecular weight excluding hydrogens is 441 g/mol. The number of allylic oxidation sites excluding steroid dienone is 1. The molecule has 0 aliphatic rings. The molecule has 3 rings (SSSR count). The maximum Gasteiger partial charge on any atom is 0.251 e. The van der Waals surface area contributed by atoms with Crippen molar-refractivity contribution in [3.63, 3.8) is 0 Å². The molecule has 2 amide bonds. The van der Waals surface area contributed by atoms with E-state index < -0.39 is 0 Å². The Balaban J connectivity index is 1.73. The molecule has 0 unspecified atom stereocenters. The molecule has 1 atom stereocenters. The molecule has 33 heavy (non-hydrogen) atoms. The van der Waals surface area contributed by atoms with Gasteiger partial charge in [0, 0.05) is 17.8 Å². The second kappa shape index (κ2) is 11.4. The third-order valence-electron chi connectivity index (χ3n) is 4.78. The molecule has 2 aromatic carbocycles. The van der Waals surface area contributed by atoms with E-state index >= 15 is 0 Å². The minimum Gasteiger partial charge on any atom is -0.342 e. The SMILES string of the molecule is C=CCn1c(SCC(=O)Nc2ccc(F)cc2)nnc1[C@H](NC(=O)c1ccccc1)C(C)C. The summed E-state index contributed by atoms with van der Waals surface area (Å²) in [4.78, 5) is 25.1. The summed E-state index contributed by atoms with van der Waals surface area (Å²) in [7, 11) is 0. The van der Waals surface area contributed by atoms with E-state index in [-0.39, 0.29) is 35.3 Å². The monoisotopic (exact) mass is 467 g/mol. The highest BCUT2D eigenvalue weighted by molar-refractivity contribution is 7.99. The van der Waals surface area contributed by atoms with Crippen molar-refractivity contribution in [3.05, 3.63) is 84.5 Å². The van der Waals surface area contributed by atoms with Crippen LogP contribution in [0.2, 0.25) is 0 Å². The van der Waals surface area contributed by atoms with Crippen LogP contribution in [0.25, 0.3) is 0 Å². The van der Waals surface area contributed by atoms with Gasteiger partial charge in [0.15, 0.2) is 11.0 Å². The Morgan fingerprint density at radius 2 is 1.82 bits per heavy atom. The number of hydrogen-bond acceptors (Lipinski definition) is 5. The normalized spacial score (nSPS) is 11.8. The van der Waals surface area contributed by atoms with Gasteiger partial charge in [0.05, 0.1) is 11.8 Å². The van der Waals surface area contributed by atoms with Crippen LogP contribution in [0.1, 0.15) is 36.1 Å². The third kappa shape index (κ3) is 6.52. The Kier molecular flexibility index (Phi) is 8.37. The number of rotatable bonds is 10. The zero-order valence-electron chi connectivity index (χ0n) is 18.5. The number of hydrogen-bond donors (Lipinski definition) is 2. The first-order valence-corrected chi connectivity index (χ1v) is 11.5. The molecule has 0 radical (unpaired) electrons.